The van der Waals surface area contributed by atoms with E-state index in [0.29, 0.717) is 11.4 Å². The van der Waals surface area contributed by atoms with Crippen molar-refractivity contribution in [2.24, 2.45) is 0 Å². The number of rotatable bonds is 2. The fourth-order valence-electron chi connectivity index (χ4n) is 1.54. The largest absolute Gasteiger partial charge is 0.317 e. The number of pyridine rings is 1. The molecule has 0 fully saturated rings. The van der Waals surface area contributed by atoms with Crippen LogP contribution in [0.4, 0.5) is 10.2 Å². The van der Waals surface area contributed by atoms with Crippen LogP contribution in [0.25, 0.3) is 0 Å². The molecule has 0 saturated heterocycles. The third kappa shape index (κ3) is 3.83. The number of thiocarbonyl (C=S) groups is 1. The van der Waals surface area contributed by atoms with E-state index in [1.807, 2.05) is 19.1 Å². The number of aryl methyl sites for hydroxylation is 1. The molecule has 4 nitrogen and oxygen atoms in total. The zero-order valence-electron chi connectivity index (χ0n) is 10.7. The average Bonchev–Trinajstić information content (AvgIpc) is 2.39. The number of amides is 1. The van der Waals surface area contributed by atoms with Gasteiger partial charge in [0.25, 0.3) is 5.91 Å². The van der Waals surface area contributed by atoms with Crippen molar-refractivity contribution in [3.05, 3.63) is 59.5 Å². The molecule has 0 radical (unpaired) electrons. The summed E-state index contributed by atoms with van der Waals surface area (Å²) in [5, 5.41) is 5.45. The van der Waals surface area contributed by atoms with Crippen molar-refractivity contribution in [1.29, 1.82) is 0 Å². The van der Waals surface area contributed by atoms with Gasteiger partial charge in [-0.15, -0.1) is 0 Å². The van der Waals surface area contributed by atoms with Gasteiger partial charge in [-0.05, 0) is 55.5 Å². The highest BCUT2D eigenvalue weighted by molar-refractivity contribution is 7.80. The van der Waals surface area contributed by atoms with Gasteiger partial charge >= 0.3 is 0 Å². The van der Waals surface area contributed by atoms with Crippen molar-refractivity contribution in [1.82, 2.24) is 10.3 Å². The van der Waals surface area contributed by atoms with Crippen molar-refractivity contribution in [2.75, 3.05) is 5.32 Å². The number of carbonyl (C=O) groups is 1. The number of benzene rings is 1. The molecule has 0 spiro atoms. The third-order valence-corrected chi connectivity index (χ3v) is 2.67. The van der Waals surface area contributed by atoms with E-state index in [1.165, 1.54) is 24.3 Å². The first-order valence-electron chi connectivity index (χ1n) is 5.86. The molecule has 0 bridgehead atoms. The smallest absolute Gasteiger partial charge is 0.257 e. The second-order valence-electron chi connectivity index (χ2n) is 4.08. The fourth-order valence-corrected chi connectivity index (χ4v) is 1.73. The number of aromatic nitrogens is 1. The molecule has 6 heteroatoms. The minimum atomic E-state index is -0.407. The van der Waals surface area contributed by atoms with Gasteiger partial charge in [0.2, 0.25) is 0 Å². The molecule has 0 aliphatic heterocycles. The van der Waals surface area contributed by atoms with E-state index in [-0.39, 0.29) is 5.11 Å². The molecule has 0 aliphatic carbocycles. The van der Waals surface area contributed by atoms with Crippen molar-refractivity contribution < 1.29 is 9.18 Å². The summed E-state index contributed by atoms with van der Waals surface area (Å²) in [6.45, 7) is 1.85. The second kappa shape index (κ2) is 6.21. The standard InChI is InChI=1S/C14H12FN3OS/c1-9-3-2-4-12(16-9)17-14(20)18-13(19)10-5-7-11(15)8-6-10/h2-8H,1H3,(H2,16,17,18,19,20). The summed E-state index contributed by atoms with van der Waals surface area (Å²) < 4.78 is 12.8. The summed E-state index contributed by atoms with van der Waals surface area (Å²) in [7, 11) is 0. The van der Waals surface area contributed by atoms with E-state index in [4.69, 9.17) is 12.2 Å². The maximum Gasteiger partial charge on any atom is 0.257 e. The van der Waals surface area contributed by atoms with Crippen LogP contribution in [0.15, 0.2) is 42.5 Å². The lowest BCUT2D eigenvalue weighted by Gasteiger charge is -2.09. The minimum Gasteiger partial charge on any atom is -0.317 e. The highest BCUT2D eigenvalue weighted by Gasteiger charge is 2.08. The summed E-state index contributed by atoms with van der Waals surface area (Å²) in [6.07, 6.45) is 0. The van der Waals surface area contributed by atoms with Crippen LogP contribution in [-0.4, -0.2) is 16.0 Å². The maximum absolute atomic E-state index is 12.8. The normalized spacial score (nSPS) is 9.90. The van der Waals surface area contributed by atoms with Crippen LogP contribution < -0.4 is 10.6 Å². The molecule has 0 unspecified atom stereocenters. The first kappa shape index (κ1) is 14.1. The van der Waals surface area contributed by atoms with Gasteiger partial charge in [0.15, 0.2) is 5.11 Å². The SMILES string of the molecule is Cc1cccc(NC(=S)NC(=O)c2ccc(F)cc2)n1. The van der Waals surface area contributed by atoms with Crippen LogP contribution in [0, 0.1) is 12.7 Å². The topological polar surface area (TPSA) is 54.0 Å². The number of nitrogens with one attached hydrogen (secondary N) is 2. The number of halogens is 1. The quantitative estimate of drug-likeness (QED) is 0.835. The Morgan fingerprint density at radius 1 is 1.20 bits per heavy atom. The first-order valence-corrected chi connectivity index (χ1v) is 6.27. The molecule has 0 atom stereocenters. The zero-order chi connectivity index (χ0) is 14.5. The van der Waals surface area contributed by atoms with Gasteiger partial charge < -0.3 is 5.32 Å². The molecule has 2 rings (SSSR count). The average molecular weight is 289 g/mol. The third-order valence-electron chi connectivity index (χ3n) is 2.46. The lowest BCUT2D eigenvalue weighted by Crippen LogP contribution is -2.34. The highest BCUT2D eigenvalue weighted by atomic mass is 32.1. The molecule has 1 aromatic carbocycles. The molecular weight excluding hydrogens is 277 g/mol. The van der Waals surface area contributed by atoms with E-state index in [0.717, 1.165) is 5.69 Å². The molecular formula is C14H12FN3OS. The van der Waals surface area contributed by atoms with E-state index in [2.05, 4.69) is 15.6 Å². The van der Waals surface area contributed by atoms with Crippen molar-refractivity contribution in [3.8, 4) is 0 Å². The maximum atomic E-state index is 12.8. The summed E-state index contributed by atoms with van der Waals surface area (Å²) >= 11 is 5.02. The van der Waals surface area contributed by atoms with Gasteiger partial charge in [0, 0.05) is 11.3 Å². The summed E-state index contributed by atoms with van der Waals surface area (Å²) in [5.41, 5.74) is 1.16. The number of nitrogens with zero attached hydrogens (tertiary/aromatic N) is 1. The van der Waals surface area contributed by atoms with Crippen LogP contribution in [0.3, 0.4) is 0 Å². The number of carbonyl (C=O) groups excluding carboxylic acids is 1. The van der Waals surface area contributed by atoms with Gasteiger partial charge in [0.05, 0.1) is 0 Å². The van der Waals surface area contributed by atoms with Crippen LogP contribution in [0.5, 0.6) is 0 Å². The lowest BCUT2D eigenvalue weighted by atomic mass is 10.2. The van der Waals surface area contributed by atoms with E-state index in [1.54, 1.807) is 6.07 Å². The lowest BCUT2D eigenvalue weighted by molar-refractivity contribution is 0.0977. The van der Waals surface area contributed by atoms with Crippen LogP contribution in [0.2, 0.25) is 0 Å². The van der Waals surface area contributed by atoms with Gasteiger partial charge in [-0.3, -0.25) is 10.1 Å². The van der Waals surface area contributed by atoms with Crippen LogP contribution >= 0.6 is 12.2 Å². The Bertz CT molecular complexity index is 643. The first-order chi connectivity index (χ1) is 9.54. The van der Waals surface area contributed by atoms with Gasteiger partial charge in [-0.25, -0.2) is 9.37 Å². The zero-order valence-corrected chi connectivity index (χ0v) is 11.5. The summed E-state index contributed by atoms with van der Waals surface area (Å²) in [5.74, 6) is -0.254. The molecule has 1 aromatic heterocycles. The predicted octanol–water partition coefficient (Wildman–Crippen LogP) is 2.66. The Hall–Kier alpha value is -2.34. The van der Waals surface area contributed by atoms with E-state index in [9.17, 15) is 9.18 Å². The molecule has 2 aromatic rings. The van der Waals surface area contributed by atoms with Crippen molar-refractivity contribution >= 4 is 29.1 Å². The minimum absolute atomic E-state index is 0.137. The fraction of sp³-hybridized carbons (Fsp3) is 0.0714. The predicted molar refractivity (Wildman–Crippen MR) is 79.1 cm³/mol. The highest BCUT2D eigenvalue weighted by Crippen LogP contribution is 2.05. The molecule has 102 valence electrons. The summed E-state index contributed by atoms with van der Waals surface area (Å²) in [4.78, 5) is 16.0. The molecule has 2 N–H and O–H groups in total. The molecule has 0 aliphatic rings. The van der Waals surface area contributed by atoms with Gasteiger partial charge in [-0.1, -0.05) is 6.07 Å². The van der Waals surface area contributed by atoms with Crippen molar-refractivity contribution in [3.63, 3.8) is 0 Å². The molecule has 1 heterocycles. The van der Waals surface area contributed by atoms with Crippen LogP contribution in [0.1, 0.15) is 16.1 Å². The van der Waals surface area contributed by atoms with E-state index >= 15 is 0 Å². The second-order valence-corrected chi connectivity index (χ2v) is 4.49. The Balaban J connectivity index is 1.97. The molecule has 20 heavy (non-hydrogen) atoms. The monoisotopic (exact) mass is 289 g/mol. The molecule has 1 amide bonds. The Morgan fingerprint density at radius 3 is 2.55 bits per heavy atom. The Morgan fingerprint density at radius 2 is 1.90 bits per heavy atom. The van der Waals surface area contributed by atoms with Gasteiger partial charge in [0.1, 0.15) is 11.6 Å². The number of anilines is 1. The Labute approximate surface area is 121 Å². The van der Waals surface area contributed by atoms with E-state index < -0.39 is 11.7 Å². The van der Waals surface area contributed by atoms with Crippen LogP contribution in [-0.2, 0) is 0 Å². The summed E-state index contributed by atoms with van der Waals surface area (Å²) in [6, 6.07) is 10.6. The number of hydrogen-bond donors (Lipinski definition) is 2. The van der Waals surface area contributed by atoms with Gasteiger partial charge in [-0.2, -0.15) is 0 Å². The number of hydrogen-bond acceptors (Lipinski definition) is 3. The Kier molecular flexibility index (Phi) is 4.37. The molecule has 0 saturated carbocycles. The van der Waals surface area contributed by atoms with Crippen molar-refractivity contribution in [2.45, 2.75) is 6.92 Å².